The smallest absolute Gasteiger partial charge is 0.387 e. The van der Waals surface area contributed by atoms with E-state index in [0.29, 0.717) is 17.4 Å². The van der Waals surface area contributed by atoms with E-state index in [9.17, 15) is 19.4 Å². The number of hydrogen-bond acceptors (Lipinski definition) is 5. The molecule has 0 bridgehead atoms. The Labute approximate surface area is 468 Å². The first-order valence-electron chi connectivity index (χ1n) is 30.2. The van der Waals surface area contributed by atoms with Gasteiger partial charge in [0.1, 0.15) is 13.2 Å². The third-order valence-electron chi connectivity index (χ3n) is 12.5. The molecule has 0 saturated heterocycles. The normalized spacial score (nSPS) is 14.9. The predicted molar refractivity (Wildman–Crippen MR) is 331 cm³/mol. The first-order chi connectivity index (χ1) is 37.0. The summed E-state index contributed by atoms with van der Waals surface area (Å²) in [5.41, 5.74) is 0. The third kappa shape index (κ3) is 58.1. The van der Waals surface area contributed by atoms with Gasteiger partial charge in [-0.1, -0.05) is 250 Å². The topological polar surface area (TPSA) is 105 Å². The molecule has 8 nitrogen and oxygen atoms in total. The summed E-state index contributed by atoms with van der Waals surface area (Å²) in [6.45, 7) is 4.65. The molecule has 0 aliphatic carbocycles. The van der Waals surface area contributed by atoms with E-state index in [1.54, 1.807) is 6.08 Å². The minimum atomic E-state index is -4.37. The molecule has 76 heavy (non-hydrogen) atoms. The van der Waals surface area contributed by atoms with Gasteiger partial charge in [0.05, 0.1) is 39.9 Å². The van der Waals surface area contributed by atoms with E-state index in [1.165, 1.54) is 83.5 Å². The van der Waals surface area contributed by atoms with Crippen molar-refractivity contribution in [3.05, 3.63) is 146 Å². The van der Waals surface area contributed by atoms with Crippen molar-refractivity contribution in [2.24, 2.45) is 0 Å². The number of hydrogen-bond donors (Lipinski definition) is 3. The van der Waals surface area contributed by atoms with Crippen molar-refractivity contribution in [2.75, 3.05) is 40.9 Å². The first-order valence-corrected chi connectivity index (χ1v) is 31.7. The summed E-state index contributed by atoms with van der Waals surface area (Å²) in [6.07, 6.45) is 86.7. The molecule has 3 N–H and O–H groups in total. The molecule has 0 aromatic rings. The van der Waals surface area contributed by atoms with Crippen molar-refractivity contribution in [3.8, 4) is 0 Å². The standard InChI is InChI=1S/C67H113N2O6P/c1-6-8-10-12-14-16-18-20-22-24-26-27-28-29-30-31-32-33-34-35-36-37-38-39-40-41-43-45-47-49-51-53-55-57-59-61-67(71)68-65(64-75-76(72,73)74-63-62-69(3,4)5)66(70)60-58-56-54-52-50-48-46-44-42-25-23-21-19-17-15-13-11-9-7-2/h8,10,14,16,20,22,26-27,29-30,32-33,35-36,38-39,41,43,47,49-50,52,58,60,65-66,70H,6-7,9,11-13,15,17-19,21,23-25,28,31,34,37,40,42,44-46,48,51,53-57,59,61-64H2,1-5H3,(H-,68,71,72,73)/p+1/b10-8-,16-14-,22-20-,27-26-,30-29-,33-32-,36-35-,39-38-,43-41-,49-47-,52-50+,60-58+. The maximum Gasteiger partial charge on any atom is 0.472 e. The Morgan fingerprint density at radius 2 is 0.803 bits per heavy atom. The zero-order valence-corrected chi connectivity index (χ0v) is 50.1. The quantitative estimate of drug-likeness (QED) is 0.0243. The number of amides is 1. The molecule has 0 fully saturated rings. The number of phosphoric acid groups is 1. The number of nitrogens with one attached hydrogen (secondary N) is 1. The van der Waals surface area contributed by atoms with Gasteiger partial charge >= 0.3 is 7.82 Å². The lowest BCUT2D eigenvalue weighted by Crippen LogP contribution is -2.45. The largest absolute Gasteiger partial charge is 0.472 e. The molecule has 0 aliphatic heterocycles. The molecule has 0 heterocycles. The SMILES string of the molecule is CC/C=C\C/C=C\C/C=C\C/C=C\C/C=C\C/C=C\C/C=C\C/C=C\C/C=C\C/C=C\CCCCCCC(=O)NC(COP(=O)(O)OCC[N+](C)(C)C)C(O)/C=C/CC/C=C/CCCCCCCCCCCCCCC. The Balaban J connectivity index is 4.32. The molecule has 0 aromatic carbocycles. The minimum Gasteiger partial charge on any atom is -0.387 e. The van der Waals surface area contributed by atoms with Gasteiger partial charge in [-0.3, -0.25) is 13.8 Å². The molecule has 1 amide bonds. The Morgan fingerprint density at radius 1 is 0.461 bits per heavy atom. The number of phosphoric ester groups is 1. The lowest BCUT2D eigenvalue weighted by atomic mass is 10.0. The Hall–Kier alpha value is -3.62. The van der Waals surface area contributed by atoms with Crippen molar-refractivity contribution in [1.82, 2.24) is 5.32 Å². The van der Waals surface area contributed by atoms with E-state index >= 15 is 0 Å². The van der Waals surface area contributed by atoms with Crippen LogP contribution in [-0.2, 0) is 18.4 Å². The Morgan fingerprint density at radius 3 is 1.21 bits per heavy atom. The summed E-state index contributed by atoms with van der Waals surface area (Å²) < 4.78 is 23.7. The molecule has 0 spiro atoms. The molecule has 3 atom stereocenters. The Kier molecular flexibility index (Phi) is 53.4. The summed E-state index contributed by atoms with van der Waals surface area (Å²) in [6, 6.07) is -0.889. The molecule has 0 aliphatic rings. The van der Waals surface area contributed by atoms with Gasteiger partial charge in [0.25, 0.3) is 0 Å². The molecular weight excluding hydrogens is 960 g/mol. The number of carbonyl (C=O) groups is 1. The number of allylic oxidation sites excluding steroid dienone is 23. The van der Waals surface area contributed by atoms with Crippen LogP contribution >= 0.6 is 7.82 Å². The lowest BCUT2D eigenvalue weighted by Gasteiger charge is -2.25. The fourth-order valence-electron chi connectivity index (χ4n) is 7.85. The lowest BCUT2D eigenvalue weighted by molar-refractivity contribution is -0.870. The summed E-state index contributed by atoms with van der Waals surface area (Å²) in [5.74, 6) is -0.217. The van der Waals surface area contributed by atoms with E-state index in [4.69, 9.17) is 9.05 Å². The van der Waals surface area contributed by atoms with Gasteiger partial charge in [0, 0.05) is 6.42 Å². The molecule has 0 saturated carbocycles. The van der Waals surface area contributed by atoms with Crippen LogP contribution in [0.4, 0.5) is 0 Å². The van der Waals surface area contributed by atoms with Crippen LogP contribution in [0.25, 0.3) is 0 Å². The molecule has 432 valence electrons. The van der Waals surface area contributed by atoms with E-state index < -0.39 is 20.0 Å². The van der Waals surface area contributed by atoms with Crippen LogP contribution in [0.3, 0.4) is 0 Å². The van der Waals surface area contributed by atoms with E-state index in [1.807, 2.05) is 27.2 Å². The van der Waals surface area contributed by atoms with Crippen LogP contribution in [0.1, 0.15) is 219 Å². The highest BCUT2D eigenvalue weighted by Crippen LogP contribution is 2.43. The van der Waals surface area contributed by atoms with Crippen molar-refractivity contribution in [3.63, 3.8) is 0 Å². The second-order valence-corrected chi connectivity index (χ2v) is 22.4. The van der Waals surface area contributed by atoms with E-state index in [2.05, 4.69) is 153 Å². The fourth-order valence-corrected chi connectivity index (χ4v) is 8.59. The van der Waals surface area contributed by atoms with Crippen LogP contribution in [0, 0.1) is 0 Å². The number of carbonyl (C=O) groups excluding carboxylic acids is 1. The van der Waals surface area contributed by atoms with Crippen LogP contribution < -0.4 is 5.32 Å². The van der Waals surface area contributed by atoms with Crippen LogP contribution in [-0.4, -0.2) is 73.4 Å². The average Bonchev–Trinajstić information content (AvgIpc) is 3.38. The van der Waals surface area contributed by atoms with Crippen LogP contribution in [0.5, 0.6) is 0 Å². The molecule has 0 radical (unpaired) electrons. The van der Waals surface area contributed by atoms with Crippen molar-refractivity contribution in [2.45, 2.75) is 231 Å². The van der Waals surface area contributed by atoms with Gasteiger partial charge in [0.15, 0.2) is 0 Å². The number of likely N-dealkylation sites (N-methyl/N-ethyl adjacent to an activating group) is 1. The highest BCUT2D eigenvalue weighted by molar-refractivity contribution is 7.47. The van der Waals surface area contributed by atoms with Gasteiger partial charge in [0.2, 0.25) is 5.91 Å². The number of rotatable bonds is 53. The number of quaternary nitrogens is 1. The summed E-state index contributed by atoms with van der Waals surface area (Å²) in [7, 11) is 1.51. The molecule has 9 heteroatoms. The second kappa shape index (κ2) is 56.1. The monoisotopic (exact) mass is 1070 g/mol. The van der Waals surface area contributed by atoms with E-state index in [-0.39, 0.29) is 19.1 Å². The van der Waals surface area contributed by atoms with Gasteiger partial charge < -0.3 is 19.8 Å². The molecule has 3 unspecified atom stereocenters. The van der Waals surface area contributed by atoms with Crippen molar-refractivity contribution < 1.29 is 32.9 Å². The zero-order valence-electron chi connectivity index (χ0n) is 49.2. The van der Waals surface area contributed by atoms with Crippen LogP contribution in [0.2, 0.25) is 0 Å². The molecule has 0 rings (SSSR count). The summed E-state index contributed by atoms with van der Waals surface area (Å²) in [5, 5.41) is 13.9. The van der Waals surface area contributed by atoms with Crippen LogP contribution in [0.15, 0.2) is 146 Å². The molecular formula is C67H114N2O6P+. The van der Waals surface area contributed by atoms with Crippen molar-refractivity contribution >= 4 is 13.7 Å². The zero-order chi connectivity index (χ0) is 55.6. The van der Waals surface area contributed by atoms with Gasteiger partial charge in [-0.15, -0.1) is 0 Å². The Bertz CT molecular complexity index is 1740. The second-order valence-electron chi connectivity index (χ2n) is 21.0. The maximum absolute atomic E-state index is 13.0. The maximum atomic E-state index is 13.0. The molecule has 0 aromatic heterocycles. The predicted octanol–water partition coefficient (Wildman–Crippen LogP) is 18.9. The summed E-state index contributed by atoms with van der Waals surface area (Å²) in [4.78, 5) is 23.3. The van der Waals surface area contributed by atoms with Gasteiger partial charge in [-0.25, -0.2) is 4.57 Å². The third-order valence-corrected chi connectivity index (χ3v) is 13.5. The number of nitrogens with zero attached hydrogens (tertiary/aromatic N) is 1. The van der Waals surface area contributed by atoms with Gasteiger partial charge in [-0.2, -0.15) is 0 Å². The highest BCUT2D eigenvalue weighted by atomic mass is 31.2. The van der Waals surface area contributed by atoms with Gasteiger partial charge in [-0.05, 0) is 109 Å². The minimum absolute atomic E-state index is 0.0427. The number of aliphatic hydroxyl groups is 1. The fraction of sp³-hybridized carbons (Fsp3) is 0.627. The summed E-state index contributed by atoms with van der Waals surface area (Å²) >= 11 is 0. The van der Waals surface area contributed by atoms with Crippen molar-refractivity contribution in [1.29, 1.82) is 0 Å². The number of unbranched alkanes of at least 4 members (excludes halogenated alkanes) is 18. The first kappa shape index (κ1) is 72.4. The highest BCUT2D eigenvalue weighted by Gasteiger charge is 2.27. The van der Waals surface area contributed by atoms with E-state index in [0.717, 1.165) is 116 Å². The average molecular weight is 1070 g/mol. The number of aliphatic hydroxyl groups excluding tert-OH is 1.